The normalized spacial score (nSPS) is 10.9. The number of benzene rings is 1. The van der Waals surface area contributed by atoms with Gasteiger partial charge in [-0.2, -0.15) is 0 Å². The molecule has 0 radical (unpaired) electrons. The molecule has 1 N–H and O–H groups in total. The van der Waals surface area contributed by atoms with Gasteiger partial charge in [-0.05, 0) is 30.7 Å². The molecule has 0 unspecified atom stereocenters. The Balaban J connectivity index is 2.39. The van der Waals surface area contributed by atoms with Gasteiger partial charge in [0.1, 0.15) is 0 Å². The SMILES string of the molecule is Cn1c(CCC(=O)O)cc2cc(Br)ccc21. The van der Waals surface area contributed by atoms with Crippen LogP contribution in [0.5, 0.6) is 0 Å². The number of aromatic nitrogens is 1. The fraction of sp³-hybridized carbons (Fsp3) is 0.250. The number of nitrogens with zero attached hydrogens (tertiary/aromatic N) is 1. The first kappa shape index (κ1) is 11.2. The summed E-state index contributed by atoms with van der Waals surface area (Å²) in [5, 5.41) is 9.80. The van der Waals surface area contributed by atoms with E-state index in [9.17, 15) is 4.79 Å². The number of carboxylic acids is 1. The van der Waals surface area contributed by atoms with Crippen molar-refractivity contribution in [3.63, 3.8) is 0 Å². The fourth-order valence-corrected chi connectivity index (χ4v) is 2.23. The molecule has 0 aliphatic heterocycles. The Labute approximate surface area is 102 Å². The second-order valence-electron chi connectivity index (χ2n) is 3.79. The Kier molecular flexibility index (Phi) is 3.01. The Bertz CT molecular complexity index is 545. The van der Waals surface area contributed by atoms with Crippen molar-refractivity contribution in [2.75, 3.05) is 0 Å². The third-order valence-corrected chi connectivity index (χ3v) is 3.19. The van der Waals surface area contributed by atoms with Crippen LogP contribution in [0.15, 0.2) is 28.7 Å². The molecule has 0 saturated carbocycles. The summed E-state index contributed by atoms with van der Waals surface area (Å²) >= 11 is 3.43. The summed E-state index contributed by atoms with van der Waals surface area (Å²) in [5.41, 5.74) is 2.18. The number of carbonyl (C=O) groups is 1. The summed E-state index contributed by atoms with van der Waals surface area (Å²) in [6.07, 6.45) is 0.740. The van der Waals surface area contributed by atoms with E-state index in [0.29, 0.717) is 6.42 Å². The number of rotatable bonds is 3. The van der Waals surface area contributed by atoms with Crippen LogP contribution in [0.25, 0.3) is 10.9 Å². The van der Waals surface area contributed by atoms with E-state index in [-0.39, 0.29) is 6.42 Å². The molecule has 0 atom stereocenters. The van der Waals surface area contributed by atoms with E-state index in [2.05, 4.69) is 15.9 Å². The average molecular weight is 282 g/mol. The summed E-state index contributed by atoms with van der Waals surface area (Å²) in [4.78, 5) is 10.5. The van der Waals surface area contributed by atoms with Crippen LogP contribution < -0.4 is 0 Å². The maximum atomic E-state index is 10.5. The van der Waals surface area contributed by atoms with Crippen molar-refractivity contribution >= 4 is 32.8 Å². The van der Waals surface area contributed by atoms with Crippen molar-refractivity contribution in [2.45, 2.75) is 12.8 Å². The van der Waals surface area contributed by atoms with Gasteiger partial charge >= 0.3 is 5.97 Å². The number of halogens is 1. The highest BCUT2D eigenvalue weighted by atomic mass is 79.9. The highest BCUT2D eigenvalue weighted by molar-refractivity contribution is 9.10. The van der Waals surface area contributed by atoms with Gasteiger partial charge in [0.15, 0.2) is 0 Å². The maximum Gasteiger partial charge on any atom is 0.303 e. The van der Waals surface area contributed by atoms with Crippen molar-refractivity contribution in [3.8, 4) is 0 Å². The molecule has 4 heteroatoms. The van der Waals surface area contributed by atoms with Crippen LogP contribution in [0.1, 0.15) is 12.1 Å². The van der Waals surface area contributed by atoms with Crippen molar-refractivity contribution < 1.29 is 9.90 Å². The standard InChI is InChI=1S/C12H12BrNO2/c1-14-10(3-5-12(15)16)7-8-6-9(13)2-4-11(8)14/h2,4,6-7H,3,5H2,1H3,(H,15,16). The molecule has 0 fully saturated rings. The number of aryl methyl sites for hydroxylation is 2. The molecule has 0 aliphatic carbocycles. The van der Waals surface area contributed by atoms with Gasteiger partial charge in [-0.1, -0.05) is 15.9 Å². The van der Waals surface area contributed by atoms with Gasteiger partial charge in [-0.3, -0.25) is 4.79 Å². The van der Waals surface area contributed by atoms with Crippen molar-refractivity contribution in [1.82, 2.24) is 4.57 Å². The van der Waals surface area contributed by atoms with E-state index in [1.165, 1.54) is 0 Å². The van der Waals surface area contributed by atoms with E-state index in [0.717, 1.165) is 21.1 Å². The molecule has 3 nitrogen and oxygen atoms in total. The lowest BCUT2D eigenvalue weighted by molar-refractivity contribution is -0.136. The number of aliphatic carboxylic acids is 1. The molecule has 84 valence electrons. The van der Waals surface area contributed by atoms with Gasteiger partial charge in [0.25, 0.3) is 0 Å². The van der Waals surface area contributed by atoms with Gasteiger partial charge in [-0.15, -0.1) is 0 Å². The number of fused-ring (bicyclic) bond motifs is 1. The zero-order chi connectivity index (χ0) is 11.7. The predicted octanol–water partition coefficient (Wildman–Crippen LogP) is 2.96. The van der Waals surface area contributed by atoms with E-state index in [4.69, 9.17) is 5.11 Å². The third-order valence-electron chi connectivity index (χ3n) is 2.70. The van der Waals surface area contributed by atoms with Crippen molar-refractivity contribution in [2.24, 2.45) is 7.05 Å². The molecule has 0 bridgehead atoms. The van der Waals surface area contributed by atoms with Crippen LogP contribution in [-0.2, 0) is 18.3 Å². The number of hydrogen-bond acceptors (Lipinski definition) is 1. The third kappa shape index (κ3) is 2.11. The van der Waals surface area contributed by atoms with Gasteiger partial charge in [0.2, 0.25) is 0 Å². The average Bonchev–Trinajstić information content (AvgIpc) is 2.52. The molecular weight excluding hydrogens is 270 g/mol. The topological polar surface area (TPSA) is 42.2 Å². The Morgan fingerprint density at radius 3 is 2.88 bits per heavy atom. The molecule has 1 aromatic heterocycles. The lowest BCUT2D eigenvalue weighted by atomic mass is 10.2. The predicted molar refractivity (Wildman–Crippen MR) is 66.6 cm³/mol. The number of carboxylic acid groups (broad SMARTS) is 1. The fourth-order valence-electron chi connectivity index (χ4n) is 1.85. The van der Waals surface area contributed by atoms with E-state index < -0.39 is 5.97 Å². The quantitative estimate of drug-likeness (QED) is 0.940. The smallest absolute Gasteiger partial charge is 0.303 e. The minimum Gasteiger partial charge on any atom is -0.481 e. The molecule has 0 spiro atoms. The first-order chi connectivity index (χ1) is 7.58. The van der Waals surface area contributed by atoms with Crippen LogP contribution in [0, 0.1) is 0 Å². The van der Waals surface area contributed by atoms with Gasteiger partial charge < -0.3 is 9.67 Å². The lowest BCUT2D eigenvalue weighted by Gasteiger charge is -2.02. The van der Waals surface area contributed by atoms with E-state index in [1.807, 2.05) is 35.9 Å². The van der Waals surface area contributed by atoms with E-state index in [1.54, 1.807) is 0 Å². The first-order valence-electron chi connectivity index (χ1n) is 5.03. The second-order valence-corrected chi connectivity index (χ2v) is 4.71. The van der Waals surface area contributed by atoms with Crippen LogP contribution in [0.4, 0.5) is 0 Å². The molecule has 0 amide bonds. The van der Waals surface area contributed by atoms with Gasteiger partial charge in [-0.25, -0.2) is 0 Å². The number of hydrogen-bond donors (Lipinski definition) is 1. The minimum absolute atomic E-state index is 0.172. The minimum atomic E-state index is -0.758. The summed E-state index contributed by atoms with van der Waals surface area (Å²) < 4.78 is 3.08. The second kappa shape index (κ2) is 4.29. The van der Waals surface area contributed by atoms with Gasteiger partial charge in [0.05, 0.1) is 6.42 Å². The zero-order valence-corrected chi connectivity index (χ0v) is 10.5. The van der Waals surface area contributed by atoms with Gasteiger partial charge in [0, 0.05) is 28.1 Å². The highest BCUT2D eigenvalue weighted by Gasteiger charge is 2.07. The Morgan fingerprint density at radius 1 is 1.44 bits per heavy atom. The molecule has 1 aromatic carbocycles. The summed E-state index contributed by atoms with van der Waals surface area (Å²) in [6.45, 7) is 0. The molecular formula is C12H12BrNO2. The maximum absolute atomic E-state index is 10.5. The highest BCUT2D eigenvalue weighted by Crippen LogP contribution is 2.23. The summed E-state index contributed by atoms with van der Waals surface area (Å²) in [6, 6.07) is 8.11. The van der Waals surface area contributed by atoms with Crippen LogP contribution in [0.2, 0.25) is 0 Å². The van der Waals surface area contributed by atoms with E-state index >= 15 is 0 Å². The molecule has 16 heavy (non-hydrogen) atoms. The Hall–Kier alpha value is -1.29. The molecule has 0 aliphatic rings. The summed E-state index contributed by atoms with van der Waals surface area (Å²) in [5.74, 6) is -0.758. The van der Waals surface area contributed by atoms with Crippen LogP contribution >= 0.6 is 15.9 Å². The van der Waals surface area contributed by atoms with Crippen molar-refractivity contribution in [1.29, 1.82) is 0 Å². The molecule has 2 rings (SSSR count). The van der Waals surface area contributed by atoms with Crippen LogP contribution in [0.3, 0.4) is 0 Å². The molecule has 1 heterocycles. The summed E-state index contributed by atoms with van der Waals surface area (Å²) in [7, 11) is 1.97. The molecule has 2 aromatic rings. The van der Waals surface area contributed by atoms with Crippen molar-refractivity contribution in [3.05, 3.63) is 34.4 Å². The Morgan fingerprint density at radius 2 is 2.19 bits per heavy atom. The first-order valence-corrected chi connectivity index (χ1v) is 5.83. The monoisotopic (exact) mass is 281 g/mol. The zero-order valence-electron chi connectivity index (χ0n) is 8.90. The van der Waals surface area contributed by atoms with Crippen LogP contribution in [-0.4, -0.2) is 15.6 Å². The largest absolute Gasteiger partial charge is 0.481 e. The molecule has 0 saturated heterocycles. The lowest BCUT2D eigenvalue weighted by Crippen LogP contribution is -2.01.